The van der Waals surface area contributed by atoms with Crippen molar-refractivity contribution in [2.45, 2.75) is 52.4 Å². The van der Waals surface area contributed by atoms with Crippen molar-refractivity contribution in [3.8, 4) is 0 Å². The van der Waals surface area contributed by atoms with Gasteiger partial charge in [-0.1, -0.05) is 20.3 Å². The van der Waals surface area contributed by atoms with Crippen LogP contribution in [0.5, 0.6) is 0 Å². The predicted molar refractivity (Wildman–Crippen MR) is 104 cm³/mol. The van der Waals surface area contributed by atoms with Crippen molar-refractivity contribution in [2.24, 2.45) is 22.2 Å². The van der Waals surface area contributed by atoms with E-state index >= 15 is 0 Å². The van der Waals surface area contributed by atoms with E-state index in [-0.39, 0.29) is 24.0 Å². The van der Waals surface area contributed by atoms with E-state index in [2.05, 4.69) is 29.5 Å². The number of ether oxygens (including phenoxy) is 1. The van der Waals surface area contributed by atoms with Crippen LogP contribution in [-0.4, -0.2) is 39.3 Å². The molecule has 0 aliphatic heterocycles. The molecular weight excluding hydrogens is 389 g/mol. The zero-order valence-electron chi connectivity index (χ0n) is 14.5. The van der Waals surface area contributed by atoms with Crippen molar-refractivity contribution >= 4 is 29.9 Å². The molecule has 0 saturated heterocycles. The molecule has 0 aromatic carbocycles. The van der Waals surface area contributed by atoms with Crippen LogP contribution in [0.1, 0.15) is 52.4 Å². The van der Waals surface area contributed by atoms with Gasteiger partial charge < -0.3 is 15.4 Å². The molecule has 2 saturated carbocycles. The summed E-state index contributed by atoms with van der Waals surface area (Å²) < 4.78 is 5.64. The van der Waals surface area contributed by atoms with E-state index in [1.165, 1.54) is 38.5 Å². The lowest BCUT2D eigenvalue weighted by molar-refractivity contribution is 0.104. The zero-order valence-corrected chi connectivity index (χ0v) is 16.8. The lowest BCUT2D eigenvalue weighted by Crippen LogP contribution is -2.47. The maximum absolute atomic E-state index is 5.64. The quantitative estimate of drug-likeness (QED) is 0.259. The van der Waals surface area contributed by atoms with E-state index in [1.54, 1.807) is 0 Å². The Hall–Kier alpha value is -0.0400. The normalized spacial score (nSPS) is 20.3. The molecule has 130 valence electrons. The number of guanidine groups is 1. The Bertz CT molecular complexity index is 339. The highest BCUT2D eigenvalue weighted by molar-refractivity contribution is 14.0. The van der Waals surface area contributed by atoms with Crippen LogP contribution < -0.4 is 10.6 Å². The number of hydrogen-bond donors (Lipinski definition) is 2. The van der Waals surface area contributed by atoms with E-state index in [0.717, 1.165) is 44.1 Å². The first-order valence-electron chi connectivity index (χ1n) is 8.66. The molecular formula is C17H34IN3O. The molecule has 0 aromatic rings. The molecule has 0 unspecified atom stereocenters. The van der Waals surface area contributed by atoms with Gasteiger partial charge in [0, 0.05) is 26.7 Å². The molecule has 2 aliphatic carbocycles. The summed E-state index contributed by atoms with van der Waals surface area (Å²) in [5.41, 5.74) is 0.508. The Morgan fingerprint density at radius 2 is 2.00 bits per heavy atom. The number of halogens is 1. The Labute approximate surface area is 153 Å². The summed E-state index contributed by atoms with van der Waals surface area (Å²) >= 11 is 0. The van der Waals surface area contributed by atoms with Crippen LogP contribution in [0.4, 0.5) is 0 Å². The number of hydrogen-bond acceptors (Lipinski definition) is 2. The van der Waals surface area contributed by atoms with Crippen molar-refractivity contribution in [2.75, 3.05) is 33.4 Å². The molecule has 5 heteroatoms. The van der Waals surface area contributed by atoms with Crippen molar-refractivity contribution in [1.82, 2.24) is 10.6 Å². The molecule has 2 N–H and O–H groups in total. The van der Waals surface area contributed by atoms with E-state index in [0.29, 0.717) is 5.41 Å². The fraction of sp³-hybridized carbons (Fsp3) is 0.941. The first-order chi connectivity index (χ1) is 10.1. The highest BCUT2D eigenvalue weighted by Crippen LogP contribution is 2.45. The molecule has 0 amide bonds. The molecule has 2 rings (SSSR count). The summed E-state index contributed by atoms with van der Waals surface area (Å²) in [6, 6.07) is 0. The maximum atomic E-state index is 5.64. The molecule has 0 aromatic heterocycles. The summed E-state index contributed by atoms with van der Waals surface area (Å²) in [7, 11) is 1.84. The topological polar surface area (TPSA) is 45.7 Å². The minimum atomic E-state index is 0. The zero-order chi connectivity index (χ0) is 15.1. The van der Waals surface area contributed by atoms with Crippen LogP contribution in [0.3, 0.4) is 0 Å². The van der Waals surface area contributed by atoms with E-state index < -0.39 is 0 Å². The van der Waals surface area contributed by atoms with Crippen LogP contribution >= 0.6 is 24.0 Å². The smallest absolute Gasteiger partial charge is 0.191 e. The average Bonchev–Trinajstić information content (AvgIpc) is 3.22. The molecule has 0 spiro atoms. The number of nitrogens with zero attached hydrogens (tertiary/aromatic N) is 1. The molecule has 0 bridgehead atoms. The third-order valence-corrected chi connectivity index (χ3v) is 4.70. The molecule has 22 heavy (non-hydrogen) atoms. The largest absolute Gasteiger partial charge is 0.379 e. The van der Waals surface area contributed by atoms with Crippen molar-refractivity contribution < 1.29 is 4.74 Å². The van der Waals surface area contributed by atoms with Crippen molar-refractivity contribution in [1.29, 1.82) is 0 Å². The second-order valence-corrected chi connectivity index (χ2v) is 7.32. The van der Waals surface area contributed by atoms with Gasteiger partial charge in [-0.2, -0.15) is 0 Å². The van der Waals surface area contributed by atoms with E-state index in [1.807, 2.05) is 7.05 Å². The average molecular weight is 423 g/mol. The summed E-state index contributed by atoms with van der Waals surface area (Å²) in [4.78, 5) is 4.31. The third-order valence-electron chi connectivity index (χ3n) is 4.70. The van der Waals surface area contributed by atoms with Gasteiger partial charge in [0.1, 0.15) is 0 Å². The highest BCUT2D eigenvalue weighted by Gasteiger charge is 2.37. The molecule has 0 heterocycles. The predicted octanol–water partition coefficient (Wildman–Crippen LogP) is 3.41. The fourth-order valence-corrected chi connectivity index (χ4v) is 3.26. The van der Waals surface area contributed by atoms with Gasteiger partial charge in [-0.25, -0.2) is 0 Å². The summed E-state index contributed by atoms with van der Waals surface area (Å²) in [5.74, 6) is 2.54. The SMILES string of the molecule is CN=C(NCCOCC1CC1)NCC1(CC(C)C)CCC1.I. The van der Waals surface area contributed by atoms with E-state index in [9.17, 15) is 0 Å². The molecule has 0 atom stereocenters. The van der Waals surface area contributed by atoms with Gasteiger partial charge in [0.25, 0.3) is 0 Å². The van der Waals surface area contributed by atoms with Gasteiger partial charge in [-0.3, -0.25) is 4.99 Å². The van der Waals surface area contributed by atoms with Crippen molar-refractivity contribution in [3.05, 3.63) is 0 Å². The Balaban J connectivity index is 0.00000242. The number of aliphatic imine (C=N–C) groups is 1. The van der Waals surface area contributed by atoms with Crippen LogP contribution in [-0.2, 0) is 4.74 Å². The van der Waals surface area contributed by atoms with Gasteiger partial charge in [0.2, 0.25) is 0 Å². The standard InChI is InChI=1S/C17H33N3O.HI/c1-14(2)11-17(7-4-8-17)13-20-16(18-3)19-9-10-21-12-15-5-6-15;/h14-15H,4-13H2,1-3H3,(H2,18,19,20);1H. The van der Waals surface area contributed by atoms with Crippen LogP contribution in [0.2, 0.25) is 0 Å². The van der Waals surface area contributed by atoms with Gasteiger partial charge in [0.05, 0.1) is 6.61 Å². The minimum Gasteiger partial charge on any atom is -0.379 e. The maximum Gasteiger partial charge on any atom is 0.191 e. The third kappa shape index (κ3) is 7.02. The monoisotopic (exact) mass is 423 g/mol. The highest BCUT2D eigenvalue weighted by atomic mass is 127. The summed E-state index contributed by atoms with van der Waals surface area (Å²) in [6.45, 7) is 8.24. The first-order valence-corrected chi connectivity index (χ1v) is 8.66. The summed E-state index contributed by atoms with van der Waals surface area (Å²) in [6.07, 6.45) is 8.14. The van der Waals surface area contributed by atoms with Crippen molar-refractivity contribution in [3.63, 3.8) is 0 Å². The van der Waals surface area contributed by atoms with Crippen LogP contribution in [0, 0.1) is 17.3 Å². The number of nitrogens with one attached hydrogen (secondary N) is 2. The fourth-order valence-electron chi connectivity index (χ4n) is 3.26. The number of rotatable bonds is 9. The second-order valence-electron chi connectivity index (χ2n) is 7.32. The van der Waals surface area contributed by atoms with Gasteiger partial charge in [-0.15, -0.1) is 24.0 Å². The lowest BCUT2D eigenvalue weighted by atomic mass is 9.64. The minimum absolute atomic E-state index is 0. The molecule has 2 fully saturated rings. The van der Waals surface area contributed by atoms with Gasteiger partial charge in [-0.05, 0) is 49.4 Å². The Kier molecular flexibility index (Phi) is 9.05. The second kappa shape index (κ2) is 9.96. The van der Waals surface area contributed by atoms with Gasteiger partial charge in [0.15, 0.2) is 5.96 Å². The first kappa shape index (κ1) is 20.0. The molecule has 2 aliphatic rings. The van der Waals surface area contributed by atoms with Gasteiger partial charge >= 0.3 is 0 Å². The van der Waals surface area contributed by atoms with E-state index in [4.69, 9.17) is 4.74 Å². The molecule has 0 radical (unpaired) electrons. The Morgan fingerprint density at radius 1 is 1.27 bits per heavy atom. The van der Waals surface area contributed by atoms with Crippen LogP contribution in [0.15, 0.2) is 4.99 Å². The molecule has 4 nitrogen and oxygen atoms in total. The van der Waals surface area contributed by atoms with Crippen LogP contribution in [0.25, 0.3) is 0 Å². The Morgan fingerprint density at radius 3 is 2.50 bits per heavy atom. The summed E-state index contributed by atoms with van der Waals surface area (Å²) in [5, 5.41) is 6.86. The lowest BCUT2D eigenvalue weighted by Gasteiger charge is -2.43.